The van der Waals surface area contributed by atoms with Gasteiger partial charge >= 0.3 is 0 Å². The number of likely N-dealkylation sites (tertiary alicyclic amines) is 1. The van der Waals surface area contributed by atoms with Gasteiger partial charge in [-0.2, -0.15) is 4.98 Å². The first-order valence-corrected chi connectivity index (χ1v) is 11.9. The maximum absolute atomic E-state index is 12.6. The van der Waals surface area contributed by atoms with E-state index in [0.29, 0.717) is 32.3 Å². The third-order valence-corrected chi connectivity index (χ3v) is 7.19. The van der Waals surface area contributed by atoms with Crippen molar-refractivity contribution in [3.05, 3.63) is 18.0 Å². The first kappa shape index (κ1) is 22.7. The number of hydrogen-bond acceptors (Lipinski definition) is 10. The van der Waals surface area contributed by atoms with E-state index in [-0.39, 0.29) is 23.4 Å². The molecular weight excluding hydrogens is 434 g/mol. The minimum absolute atomic E-state index is 0.00613. The molecule has 5 rings (SSSR count). The summed E-state index contributed by atoms with van der Waals surface area (Å²) in [6.45, 7) is 10.2. The van der Waals surface area contributed by atoms with Crippen LogP contribution in [0.15, 0.2) is 12.4 Å². The second kappa shape index (κ2) is 8.62. The molecule has 4 N–H and O–H groups in total. The Balaban J connectivity index is 1.56. The summed E-state index contributed by atoms with van der Waals surface area (Å²) >= 11 is 0. The van der Waals surface area contributed by atoms with E-state index in [2.05, 4.69) is 33.6 Å². The summed E-state index contributed by atoms with van der Waals surface area (Å²) in [6.07, 6.45) is 5.12. The van der Waals surface area contributed by atoms with Gasteiger partial charge in [-0.25, -0.2) is 15.0 Å². The number of rotatable bonds is 4. The summed E-state index contributed by atoms with van der Waals surface area (Å²) in [5, 5.41) is 0. The first-order chi connectivity index (χ1) is 16.3. The summed E-state index contributed by atoms with van der Waals surface area (Å²) in [6, 6.07) is -0.333. The molecule has 3 aliphatic heterocycles. The largest absolute Gasteiger partial charge is 0.377 e. The lowest BCUT2D eigenvalue weighted by molar-refractivity contribution is -0.131. The van der Waals surface area contributed by atoms with E-state index in [1.165, 1.54) is 0 Å². The van der Waals surface area contributed by atoms with Crippen LogP contribution in [0.5, 0.6) is 0 Å². The summed E-state index contributed by atoms with van der Waals surface area (Å²) in [4.78, 5) is 37.5. The van der Waals surface area contributed by atoms with Crippen LogP contribution in [-0.2, 0) is 16.0 Å². The van der Waals surface area contributed by atoms with Crippen molar-refractivity contribution in [1.29, 1.82) is 0 Å². The Morgan fingerprint density at radius 2 is 2.00 bits per heavy atom. The minimum Gasteiger partial charge on any atom is -0.377 e. The Morgan fingerprint density at radius 3 is 2.71 bits per heavy atom. The standard InChI is InChI=1S/C23H33N9O2/c1-14-12-34-9-8-31(14)22-28-18(16-10-26-21(25)27-11-16)17-4-6-32(19(17)29-22)23(3)5-7-30(13-23)20(33)15(2)24/h10-11,14-15H,4-9,12-13,24H2,1-3H3,(H2,25,26,27)/t14-,15+,23-/m0/s1. The Bertz CT molecular complexity index is 1080. The lowest BCUT2D eigenvalue weighted by Gasteiger charge is -2.38. The molecule has 3 atom stereocenters. The highest BCUT2D eigenvalue weighted by molar-refractivity contribution is 5.82. The average Bonchev–Trinajstić information content (AvgIpc) is 3.43. The molecule has 5 heterocycles. The van der Waals surface area contributed by atoms with Crippen LogP contribution in [0.4, 0.5) is 17.7 Å². The minimum atomic E-state index is -0.498. The topological polar surface area (TPSA) is 140 Å². The number of nitrogens with zero attached hydrogens (tertiary/aromatic N) is 7. The van der Waals surface area contributed by atoms with Gasteiger partial charge in [-0.3, -0.25) is 4.79 Å². The Hall–Kier alpha value is -3.05. The highest BCUT2D eigenvalue weighted by atomic mass is 16.5. The Kier molecular flexibility index (Phi) is 5.76. The van der Waals surface area contributed by atoms with Crippen molar-refractivity contribution < 1.29 is 9.53 Å². The normalized spacial score (nSPS) is 25.5. The molecule has 2 saturated heterocycles. The SMILES string of the molecule is C[C@@H](N)C(=O)N1CC[C@](C)(N2CCc3c(-c4cnc(N)nc4)nc(N4CCOC[C@@H]4C)nc32)C1. The molecule has 3 aliphatic rings. The van der Waals surface area contributed by atoms with Gasteiger partial charge in [-0.15, -0.1) is 0 Å². The van der Waals surface area contributed by atoms with Gasteiger partial charge in [0, 0.05) is 49.7 Å². The molecular formula is C23H33N9O2. The number of aromatic nitrogens is 4. The van der Waals surface area contributed by atoms with Gasteiger partial charge in [0.05, 0.1) is 36.5 Å². The van der Waals surface area contributed by atoms with E-state index in [1.54, 1.807) is 19.3 Å². The van der Waals surface area contributed by atoms with Gasteiger partial charge in [-0.05, 0) is 33.6 Å². The number of ether oxygens (including phenoxy) is 1. The second-order valence-electron chi connectivity index (χ2n) is 9.82. The van der Waals surface area contributed by atoms with Crippen molar-refractivity contribution in [3.63, 3.8) is 0 Å². The van der Waals surface area contributed by atoms with Crippen LogP contribution in [0.1, 0.15) is 32.8 Å². The van der Waals surface area contributed by atoms with E-state index >= 15 is 0 Å². The van der Waals surface area contributed by atoms with Crippen molar-refractivity contribution in [2.24, 2.45) is 5.73 Å². The molecule has 0 aromatic carbocycles. The lowest BCUT2D eigenvalue weighted by Crippen LogP contribution is -2.50. The number of hydrogen-bond donors (Lipinski definition) is 2. The average molecular weight is 468 g/mol. The molecule has 2 aromatic rings. The molecule has 11 heteroatoms. The Labute approximate surface area is 199 Å². The van der Waals surface area contributed by atoms with Crippen molar-refractivity contribution in [2.45, 2.75) is 51.2 Å². The van der Waals surface area contributed by atoms with E-state index < -0.39 is 6.04 Å². The fraction of sp³-hybridized carbons (Fsp3) is 0.609. The monoisotopic (exact) mass is 467 g/mol. The number of carbonyl (C=O) groups excluding carboxylic acids is 1. The molecule has 0 unspecified atom stereocenters. The van der Waals surface area contributed by atoms with Crippen LogP contribution in [0.2, 0.25) is 0 Å². The number of amides is 1. The van der Waals surface area contributed by atoms with Crippen molar-refractivity contribution in [2.75, 3.05) is 54.9 Å². The van der Waals surface area contributed by atoms with Crippen LogP contribution in [-0.4, -0.2) is 87.8 Å². The van der Waals surface area contributed by atoms with Gasteiger partial charge in [-0.1, -0.05) is 0 Å². The fourth-order valence-corrected chi connectivity index (χ4v) is 5.26. The number of carbonyl (C=O) groups is 1. The first-order valence-electron chi connectivity index (χ1n) is 11.9. The second-order valence-corrected chi connectivity index (χ2v) is 9.82. The van der Waals surface area contributed by atoms with Crippen LogP contribution >= 0.6 is 0 Å². The summed E-state index contributed by atoms with van der Waals surface area (Å²) in [7, 11) is 0. The quantitative estimate of drug-likeness (QED) is 0.651. The number of nitrogen functional groups attached to an aromatic ring is 1. The molecule has 0 radical (unpaired) electrons. The molecule has 182 valence electrons. The van der Waals surface area contributed by atoms with E-state index in [9.17, 15) is 4.79 Å². The summed E-state index contributed by atoms with van der Waals surface area (Å²) in [5.41, 5.74) is 14.1. The zero-order chi connectivity index (χ0) is 24.0. The van der Waals surface area contributed by atoms with Crippen molar-refractivity contribution >= 4 is 23.6 Å². The van der Waals surface area contributed by atoms with E-state index in [0.717, 1.165) is 48.6 Å². The number of anilines is 3. The molecule has 34 heavy (non-hydrogen) atoms. The molecule has 1 amide bonds. The zero-order valence-corrected chi connectivity index (χ0v) is 20.1. The fourth-order valence-electron chi connectivity index (χ4n) is 5.26. The highest BCUT2D eigenvalue weighted by Crippen LogP contribution is 2.41. The van der Waals surface area contributed by atoms with Gasteiger partial charge in [0.2, 0.25) is 17.8 Å². The third-order valence-electron chi connectivity index (χ3n) is 7.19. The van der Waals surface area contributed by atoms with Gasteiger partial charge in [0.15, 0.2) is 0 Å². The zero-order valence-electron chi connectivity index (χ0n) is 20.1. The van der Waals surface area contributed by atoms with E-state index in [4.69, 9.17) is 26.2 Å². The third kappa shape index (κ3) is 3.92. The predicted octanol–water partition coefficient (Wildman–Crippen LogP) is 0.442. The number of fused-ring (bicyclic) bond motifs is 1. The Morgan fingerprint density at radius 1 is 1.24 bits per heavy atom. The molecule has 0 saturated carbocycles. The molecule has 0 aliphatic carbocycles. The summed E-state index contributed by atoms with van der Waals surface area (Å²) < 4.78 is 5.64. The van der Waals surface area contributed by atoms with Crippen LogP contribution in [0.25, 0.3) is 11.3 Å². The van der Waals surface area contributed by atoms with Crippen molar-refractivity contribution in [3.8, 4) is 11.3 Å². The van der Waals surface area contributed by atoms with E-state index in [1.807, 2.05) is 4.90 Å². The lowest BCUT2D eigenvalue weighted by atomic mass is 9.99. The molecule has 2 aromatic heterocycles. The van der Waals surface area contributed by atoms with Crippen molar-refractivity contribution in [1.82, 2.24) is 24.8 Å². The van der Waals surface area contributed by atoms with Crippen LogP contribution < -0.4 is 21.3 Å². The highest BCUT2D eigenvalue weighted by Gasteiger charge is 2.45. The molecule has 11 nitrogen and oxygen atoms in total. The molecule has 0 spiro atoms. The maximum Gasteiger partial charge on any atom is 0.239 e. The van der Waals surface area contributed by atoms with Gasteiger partial charge in [0.1, 0.15) is 5.82 Å². The maximum atomic E-state index is 12.6. The van der Waals surface area contributed by atoms with Crippen LogP contribution in [0.3, 0.4) is 0 Å². The molecule has 0 bridgehead atoms. The summed E-state index contributed by atoms with van der Waals surface area (Å²) in [5.74, 6) is 1.83. The predicted molar refractivity (Wildman–Crippen MR) is 129 cm³/mol. The number of morpholine rings is 1. The van der Waals surface area contributed by atoms with Gasteiger partial charge in [0.25, 0.3) is 0 Å². The molecule has 2 fully saturated rings. The smallest absolute Gasteiger partial charge is 0.239 e. The number of nitrogens with two attached hydrogens (primary N) is 2. The van der Waals surface area contributed by atoms with Gasteiger partial charge < -0.3 is 30.9 Å². The van der Waals surface area contributed by atoms with Crippen LogP contribution in [0, 0.1) is 0 Å².